The number of furan rings is 1. The molecule has 0 saturated heterocycles. The third-order valence-corrected chi connectivity index (χ3v) is 2.48. The summed E-state index contributed by atoms with van der Waals surface area (Å²) in [6.07, 6.45) is 1.57. The normalized spacial score (nSPS) is 12.8. The quantitative estimate of drug-likeness (QED) is 0.487. The summed E-state index contributed by atoms with van der Waals surface area (Å²) in [5.41, 5.74) is 0. The number of guanidine groups is 1. The standard InChI is InChI=1S/C13H22N4O3/c1-10(9-19-3)17-13(14-2)16-8-12(18)15-7-11-5-4-6-20-11/h4-6,10H,7-9H2,1-3H3,(H,15,18)(H2,14,16,17). The number of ether oxygens (including phenoxy) is 1. The number of amides is 1. The number of carbonyl (C=O) groups is 1. The van der Waals surface area contributed by atoms with E-state index in [1.165, 1.54) is 0 Å². The second-order valence-electron chi connectivity index (χ2n) is 4.28. The number of hydrogen-bond acceptors (Lipinski definition) is 4. The molecule has 0 fully saturated rings. The van der Waals surface area contributed by atoms with Crippen molar-refractivity contribution in [3.05, 3.63) is 24.2 Å². The van der Waals surface area contributed by atoms with E-state index in [1.54, 1.807) is 32.6 Å². The van der Waals surface area contributed by atoms with E-state index in [-0.39, 0.29) is 18.5 Å². The Kier molecular flexibility index (Phi) is 7.20. The molecule has 1 unspecified atom stereocenters. The van der Waals surface area contributed by atoms with Crippen LogP contribution >= 0.6 is 0 Å². The van der Waals surface area contributed by atoms with E-state index >= 15 is 0 Å². The Balaban J connectivity index is 2.24. The molecule has 20 heavy (non-hydrogen) atoms. The van der Waals surface area contributed by atoms with Crippen molar-refractivity contribution < 1.29 is 13.9 Å². The van der Waals surface area contributed by atoms with Crippen molar-refractivity contribution in [2.45, 2.75) is 19.5 Å². The minimum absolute atomic E-state index is 0.109. The monoisotopic (exact) mass is 282 g/mol. The summed E-state index contributed by atoms with van der Waals surface area (Å²) in [4.78, 5) is 15.7. The molecule has 7 nitrogen and oxygen atoms in total. The highest BCUT2D eigenvalue weighted by atomic mass is 16.5. The summed E-state index contributed by atoms with van der Waals surface area (Å²) in [6.45, 7) is 3.04. The summed E-state index contributed by atoms with van der Waals surface area (Å²) in [5, 5.41) is 8.78. The van der Waals surface area contributed by atoms with Crippen LogP contribution in [-0.2, 0) is 16.1 Å². The second kappa shape index (κ2) is 8.98. The zero-order chi connectivity index (χ0) is 14.8. The van der Waals surface area contributed by atoms with E-state index in [1.807, 2.05) is 6.92 Å². The van der Waals surface area contributed by atoms with E-state index in [4.69, 9.17) is 9.15 Å². The summed E-state index contributed by atoms with van der Waals surface area (Å²) >= 11 is 0. The van der Waals surface area contributed by atoms with Gasteiger partial charge in [-0.05, 0) is 19.1 Å². The lowest BCUT2D eigenvalue weighted by molar-refractivity contribution is -0.120. The molecule has 0 bridgehead atoms. The van der Waals surface area contributed by atoms with Gasteiger partial charge in [-0.1, -0.05) is 0 Å². The fourth-order valence-electron chi connectivity index (χ4n) is 1.55. The van der Waals surface area contributed by atoms with Crippen molar-refractivity contribution in [2.24, 2.45) is 4.99 Å². The molecule has 1 rings (SSSR count). The van der Waals surface area contributed by atoms with Crippen LogP contribution in [0, 0.1) is 0 Å². The molecule has 0 saturated carbocycles. The highest BCUT2D eigenvalue weighted by Crippen LogP contribution is 1.97. The van der Waals surface area contributed by atoms with Crippen LogP contribution in [0.25, 0.3) is 0 Å². The van der Waals surface area contributed by atoms with Gasteiger partial charge in [0, 0.05) is 20.2 Å². The molecule has 0 aliphatic carbocycles. The maximum Gasteiger partial charge on any atom is 0.239 e. The van der Waals surface area contributed by atoms with Crippen LogP contribution in [0.3, 0.4) is 0 Å². The predicted molar refractivity (Wildman–Crippen MR) is 76.4 cm³/mol. The van der Waals surface area contributed by atoms with Crippen LogP contribution in [0.5, 0.6) is 0 Å². The van der Waals surface area contributed by atoms with E-state index in [0.717, 1.165) is 5.76 Å². The van der Waals surface area contributed by atoms with E-state index in [0.29, 0.717) is 19.1 Å². The van der Waals surface area contributed by atoms with Gasteiger partial charge in [0.2, 0.25) is 5.91 Å². The third kappa shape index (κ3) is 6.24. The number of rotatable bonds is 7. The summed E-state index contributed by atoms with van der Waals surface area (Å²) in [5.74, 6) is 1.14. The van der Waals surface area contributed by atoms with Crippen molar-refractivity contribution in [1.82, 2.24) is 16.0 Å². The Morgan fingerprint density at radius 2 is 2.30 bits per heavy atom. The Hall–Kier alpha value is -2.02. The average Bonchev–Trinajstić information content (AvgIpc) is 2.94. The summed E-state index contributed by atoms with van der Waals surface area (Å²) in [6, 6.07) is 3.70. The lowest BCUT2D eigenvalue weighted by Gasteiger charge is -2.16. The summed E-state index contributed by atoms with van der Waals surface area (Å²) < 4.78 is 10.1. The lowest BCUT2D eigenvalue weighted by atomic mass is 10.4. The van der Waals surface area contributed by atoms with Crippen LogP contribution < -0.4 is 16.0 Å². The van der Waals surface area contributed by atoms with Gasteiger partial charge in [-0.25, -0.2) is 0 Å². The molecule has 7 heteroatoms. The van der Waals surface area contributed by atoms with Crippen molar-refractivity contribution in [3.63, 3.8) is 0 Å². The van der Waals surface area contributed by atoms with Crippen LogP contribution in [-0.4, -0.2) is 45.2 Å². The molecule has 1 amide bonds. The maximum absolute atomic E-state index is 11.6. The van der Waals surface area contributed by atoms with Gasteiger partial charge in [0.15, 0.2) is 5.96 Å². The first-order valence-electron chi connectivity index (χ1n) is 6.41. The van der Waals surface area contributed by atoms with Crippen molar-refractivity contribution >= 4 is 11.9 Å². The largest absolute Gasteiger partial charge is 0.467 e. The molecule has 0 radical (unpaired) electrons. The van der Waals surface area contributed by atoms with Gasteiger partial charge in [-0.2, -0.15) is 0 Å². The minimum Gasteiger partial charge on any atom is -0.467 e. The first-order chi connectivity index (χ1) is 9.65. The molecule has 0 spiro atoms. The average molecular weight is 282 g/mol. The first kappa shape index (κ1) is 16.0. The third-order valence-electron chi connectivity index (χ3n) is 2.48. The molecular formula is C13H22N4O3. The van der Waals surface area contributed by atoms with E-state index in [9.17, 15) is 4.79 Å². The number of methoxy groups -OCH3 is 1. The number of nitrogens with zero attached hydrogens (tertiary/aromatic N) is 1. The molecule has 0 aliphatic heterocycles. The molecule has 1 aromatic rings. The smallest absolute Gasteiger partial charge is 0.239 e. The fourth-order valence-corrected chi connectivity index (χ4v) is 1.55. The highest BCUT2D eigenvalue weighted by Gasteiger charge is 2.07. The van der Waals surface area contributed by atoms with Crippen LogP contribution in [0.2, 0.25) is 0 Å². The molecule has 3 N–H and O–H groups in total. The Bertz CT molecular complexity index is 417. The molecule has 1 aromatic heterocycles. The van der Waals surface area contributed by atoms with Crippen molar-refractivity contribution in [3.8, 4) is 0 Å². The Labute approximate surface area is 118 Å². The Morgan fingerprint density at radius 3 is 2.90 bits per heavy atom. The molecule has 1 atom stereocenters. The fraction of sp³-hybridized carbons (Fsp3) is 0.538. The SMILES string of the molecule is CN=C(NCC(=O)NCc1ccco1)NC(C)COC. The van der Waals surface area contributed by atoms with E-state index in [2.05, 4.69) is 20.9 Å². The maximum atomic E-state index is 11.6. The highest BCUT2D eigenvalue weighted by molar-refractivity contribution is 5.86. The second-order valence-corrected chi connectivity index (χ2v) is 4.28. The predicted octanol–water partition coefficient (Wildman–Crippen LogP) is 0.0957. The lowest BCUT2D eigenvalue weighted by Crippen LogP contribution is -2.47. The molecular weight excluding hydrogens is 260 g/mol. The van der Waals surface area contributed by atoms with Gasteiger partial charge in [-0.3, -0.25) is 9.79 Å². The van der Waals surface area contributed by atoms with Gasteiger partial charge in [-0.15, -0.1) is 0 Å². The molecule has 0 aliphatic rings. The minimum atomic E-state index is -0.135. The molecule has 0 aromatic carbocycles. The number of carbonyl (C=O) groups excluding carboxylic acids is 1. The summed E-state index contributed by atoms with van der Waals surface area (Å²) in [7, 11) is 3.28. The Morgan fingerprint density at radius 1 is 1.50 bits per heavy atom. The van der Waals surface area contributed by atoms with Gasteiger partial charge in [0.25, 0.3) is 0 Å². The van der Waals surface area contributed by atoms with Gasteiger partial charge >= 0.3 is 0 Å². The van der Waals surface area contributed by atoms with Crippen molar-refractivity contribution in [2.75, 3.05) is 27.3 Å². The van der Waals surface area contributed by atoms with E-state index < -0.39 is 0 Å². The number of aliphatic imine (C=N–C) groups is 1. The molecule has 112 valence electrons. The number of hydrogen-bond donors (Lipinski definition) is 3. The van der Waals surface area contributed by atoms with Crippen LogP contribution in [0.15, 0.2) is 27.8 Å². The van der Waals surface area contributed by atoms with Crippen LogP contribution in [0.4, 0.5) is 0 Å². The van der Waals surface area contributed by atoms with Gasteiger partial charge in [0.05, 0.1) is 26.0 Å². The topological polar surface area (TPSA) is 87.9 Å². The number of nitrogens with one attached hydrogen (secondary N) is 3. The molecule has 1 heterocycles. The van der Waals surface area contributed by atoms with Crippen molar-refractivity contribution in [1.29, 1.82) is 0 Å². The van der Waals surface area contributed by atoms with Gasteiger partial charge in [0.1, 0.15) is 5.76 Å². The zero-order valence-corrected chi connectivity index (χ0v) is 12.1. The van der Waals surface area contributed by atoms with Crippen LogP contribution in [0.1, 0.15) is 12.7 Å². The zero-order valence-electron chi connectivity index (χ0n) is 12.1. The first-order valence-corrected chi connectivity index (χ1v) is 6.41. The van der Waals surface area contributed by atoms with Gasteiger partial charge < -0.3 is 25.1 Å².